The summed E-state index contributed by atoms with van der Waals surface area (Å²) in [6.07, 6.45) is 2.30. The van der Waals surface area contributed by atoms with Crippen LogP contribution in [0.4, 0.5) is 0 Å². The van der Waals surface area contributed by atoms with Gasteiger partial charge in [-0.25, -0.2) is 9.97 Å². The van der Waals surface area contributed by atoms with Crippen LogP contribution in [-0.2, 0) is 11.3 Å². The molecule has 1 fully saturated rings. The Hall–Kier alpha value is -0.750. The molecule has 4 nitrogen and oxygen atoms in total. The lowest BCUT2D eigenvalue weighted by Gasteiger charge is -2.26. The average Bonchev–Trinajstić information content (AvgIpc) is 2.88. The van der Waals surface area contributed by atoms with E-state index in [-0.39, 0.29) is 0 Å². The van der Waals surface area contributed by atoms with Gasteiger partial charge in [-0.1, -0.05) is 11.6 Å². The van der Waals surface area contributed by atoms with Gasteiger partial charge in [-0.05, 0) is 37.3 Å². The second kappa shape index (κ2) is 6.35. The Morgan fingerprint density at radius 2 is 2.20 bits per heavy atom. The molecule has 0 atom stereocenters. The monoisotopic (exact) mass is 311 g/mol. The number of hydrogen-bond acceptors (Lipinski definition) is 5. The molecule has 3 heterocycles. The second-order valence-corrected chi connectivity index (χ2v) is 6.58. The molecule has 1 aliphatic rings. The summed E-state index contributed by atoms with van der Waals surface area (Å²) in [5.74, 6) is 1.52. The average molecular weight is 312 g/mol. The van der Waals surface area contributed by atoms with E-state index in [9.17, 15) is 0 Å². The summed E-state index contributed by atoms with van der Waals surface area (Å²) in [5.41, 5.74) is 0. The lowest BCUT2D eigenvalue weighted by Crippen LogP contribution is -2.29. The normalized spacial score (nSPS) is 17.1. The summed E-state index contributed by atoms with van der Waals surface area (Å²) in [4.78, 5) is 12.2. The van der Waals surface area contributed by atoms with Gasteiger partial charge in [0.1, 0.15) is 15.8 Å². The third-order valence-corrected chi connectivity index (χ3v) is 4.74. The smallest absolute Gasteiger partial charge is 0.145 e. The number of nitrogens with zero attached hydrogens (tertiary/aromatic N) is 3. The Morgan fingerprint density at radius 3 is 3.00 bits per heavy atom. The van der Waals surface area contributed by atoms with Gasteiger partial charge < -0.3 is 4.74 Å². The van der Waals surface area contributed by atoms with E-state index in [0.29, 0.717) is 5.15 Å². The van der Waals surface area contributed by atoms with Crippen molar-refractivity contribution in [2.45, 2.75) is 19.4 Å². The minimum absolute atomic E-state index is 0.561. The molecular formula is C14H18ClN3OS. The molecule has 0 bridgehead atoms. The lowest BCUT2D eigenvalue weighted by atomic mass is 10.00. The Balaban J connectivity index is 1.65. The molecule has 20 heavy (non-hydrogen) atoms. The van der Waals surface area contributed by atoms with Gasteiger partial charge in [0, 0.05) is 25.1 Å². The molecule has 0 amide bonds. The fourth-order valence-electron chi connectivity index (χ4n) is 2.61. The number of ether oxygens (including phenoxy) is 1. The fraction of sp³-hybridized carbons (Fsp3) is 0.571. The summed E-state index contributed by atoms with van der Waals surface area (Å²) in [6, 6.07) is 1.97. The van der Waals surface area contributed by atoms with Crippen molar-refractivity contribution in [1.29, 1.82) is 0 Å². The van der Waals surface area contributed by atoms with Crippen LogP contribution in [0.5, 0.6) is 0 Å². The Bertz CT molecular complexity index is 583. The molecule has 2 aromatic heterocycles. The standard InChI is InChI=1S/C14H18ClN3OS/c1-18(8-10-2-5-19-6-3-10)9-12-16-13(15)11-4-7-20-14(11)17-12/h4,7,10H,2-3,5-6,8-9H2,1H3. The SMILES string of the molecule is CN(Cc1nc(Cl)c2ccsc2n1)CC1CCOCC1. The van der Waals surface area contributed by atoms with E-state index in [2.05, 4.69) is 21.9 Å². The van der Waals surface area contributed by atoms with Crippen LogP contribution in [-0.4, -0.2) is 41.7 Å². The van der Waals surface area contributed by atoms with Gasteiger partial charge in [-0.15, -0.1) is 11.3 Å². The van der Waals surface area contributed by atoms with Crippen LogP contribution in [0.15, 0.2) is 11.4 Å². The molecule has 0 aliphatic carbocycles. The largest absolute Gasteiger partial charge is 0.381 e. The summed E-state index contributed by atoms with van der Waals surface area (Å²) in [6.45, 7) is 3.59. The number of hydrogen-bond donors (Lipinski definition) is 0. The van der Waals surface area contributed by atoms with Crippen molar-refractivity contribution in [3.05, 3.63) is 22.4 Å². The van der Waals surface area contributed by atoms with Crippen molar-refractivity contribution >= 4 is 33.2 Å². The molecule has 0 aromatic carbocycles. The number of halogens is 1. The molecule has 0 N–H and O–H groups in total. The minimum Gasteiger partial charge on any atom is -0.381 e. The number of thiophene rings is 1. The highest BCUT2D eigenvalue weighted by atomic mass is 35.5. The van der Waals surface area contributed by atoms with Crippen LogP contribution in [0, 0.1) is 5.92 Å². The molecule has 108 valence electrons. The zero-order valence-corrected chi connectivity index (χ0v) is 13.1. The second-order valence-electron chi connectivity index (χ2n) is 5.32. The molecule has 0 unspecified atom stereocenters. The Kier molecular flexibility index (Phi) is 4.51. The highest BCUT2D eigenvalue weighted by Gasteiger charge is 2.17. The molecule has 3 rings (SSSR count). The lowest BCUT2D eigenvalue weighted by molar-refractivity contribution is 0.0547. The molecule has 0 saturated carbocycles. The van der Waals surface area contributed by atoms with Gasteiger partial charge >= 0.3 is 0 Å². The number of rotatable bonds is 4. The van der Waals surface area contributed by atoms with Crippen molar-refractivity contribution in [3.63, 3.8) is 0 Å². The van der Waals surface area contributed by atoms with Crippen molar-refractivity contribution in [2.24, 2.45) is 5.92 Å². The predicted octanol–water partition coefficient (Wildman–Crippen LogP) is 3.20. The van der Waals surface area contributed by atoms with Crippen LogP contribution in [0.2, 0.25) is 5.15 Å². The molecule has 0 spiro atoms. The van der Waals surface area contributed by atoms with Crippen LogP contribution in [0.25, 0.3) is 10.2 Å². The summed E-state index contributed by atoms with van der Waals surface area (Å²) < 4.78 is 5.40. The van der Waals surface area contributed by atoms with Crippen LogP contribution in [0.1, 0.15) is 18.7 Å². The first-order valence-corrected chi connectivity index (χ1v) is 8.14. The van der Waals surface area contributed by atoms with E-state index < -0.39 is 0 Å². The van der Waals surface area contributed by atoms with Crippen molar-refractivity contribution in [2.75, 3.05) is 26.8 Å². The maximum Gasteiger partial charge on any atom is 0.145 e. The van der Waals surface area contributed by atoms with E-state index >= 15 is 0 Å². The molecule has 6 heteroatoms. The molecule has 1 saturated heterocycles. The van der Waals surface area contributed by atoms with Crippen molar-refractivity contribution < 1.29 is 4.74 Å². The van der Waals surface area contributed by atoms with Gasteiger partial charge in [0.25, 0.3) is 0 Å². The zero-order chi connectivity index (χ0) is 13.9. The van der Waals surface area contributed by atoms with E-state index in [4.69, 9.17) is 16.3 Å². The highest BCUT2D eigenvalue weighted by Crippen LogP contribution is 2.25. The maximum atomic E-state index is 6.20. The van der Waals surface area contributed by atoms with E-state index in [1.807, 2.05) is 11.4 Å². The molecule has 1 aliphatic heterocycles. The summed E-state index contributed by atoms with van der Waals surface area (Å²) in [7, 11) is 2.12. The Labute approximate surface area is 127 Å². The first-order chi connectivity index (χ1) is 9.72. The van der Waals surface area contributed by atoms with Crippen LogP contribution >= 0.6 is 22.9 Å². The van der Waals surface area contributed by atoms with Crippen LogP contribution in [0.3, 0.4) is 0 Å². The fourth-order valence-corrected chi connectivity index (χ4v) is 3.70. The van der Waals surface area contributed by atoms with Gasteiger partial charge in [-0.3, -0.25) is 4.90 Å². The summed E-state index contributed by atoms with van der Waals surface area (Å²) in [5, 5.41) is 3.51. The van der Waals surface area contributed by atoms with Gasteiger partial charge in [0.15, 0.2) is 0 Å². The summed E-state index contributed by atoms with van der Waals surface area (Å²) >= 11 is 7.81. The van der Waals surface area contributed by atoms with Crippen molar-refractivity contribution in [3.8, 4) is 0 Å². The topological polar surface area (TPSA) is 38.2 Å². The zero-order valence-electron chi connectivity index (χ0n) is 11.5. The van der Waals surface area contributed by atoms with E-state index in [1.165, 1.54) is 0 Å². The number of fused-ring (bicyclic) bond motifs is 1. The van der Waals surface area contributed by atoms with Crippen molar-refractivity contribution in [1.82, 2.24) is 14.9 Å². The molecule has 0 radical (unpaired) electrons. The molecule has 2 aromatic rings. The highest BCUT2D eigenvalue weighted by molar-refractivity contribution is 7.16. The minimum atomic E-state index is 0.561. The third kappa shape index (κ3) is 3.28. The first-order valence-electron chi connectivity index (χ1n) is 6.88. The van der Waals surface area contributed by atoms with Gasteiger partial charge in [0.2, 0.25) is 0 Å². The number of aromatic nitrogens is 2. The maximum absolute atomic E-state index is 6.20. The van der Waals surface area contributed by atoms with E-state index in [1.54, 1.807) is 11.3 Å². The predicted molar refractivity (Wildman–Crippen MR) is 82.3 cm³/mol. The Morgan fingerprint density at radius 1 is 1.40 bits per heavy atom. The van der Waals surface area contributed by atoms with Gasteiger partial charge in [0.05, 0.1) is 6.54 Å². The van der Waals surface area contributed by atoms with Gasteiger partial charge in [-0.2, -0.15) is 0 Å². The molecular weight excluding hydrogens is 294 g/mol. The third-order valence-electron chi connectivity index (χ3n) is 3.65. The van der Waals surface area contributed by atoms with E-state index in [0.717, 1.165) is 61.1 Å². The first kappa shape index (κ1) is 14.2. The van der Waals surface area contributed by atoms with Crippen LogP contribution < -0.4 is 0 Å². The quantitative estimate of drug-likeness (QED) is 0.813.